The molecule has 0 atom stereocenters. The average molecular weight is 333 g/mol. The summed E-state index contributed by atoms with van der Waals surface area (Å²) >= 11 is 0. The Bertz CT molecular complexity index is 516. The molecule has 136 valence electrons. The lowest BCUT2D eigenvalue weighted by molar-refractivity contribution is 0.295. The van der Waals surface area contributed by atoms with Crippen LogP contribution in [0.3, 0.4) is 0 Å². The van der Waals surface area contributed by atoms with E-state index in [0.717, 1.165) is 30.4 Å². The molecule has 0 radical (unpaired) electrons. The van der Waals surface area contributed by atoms with Crippen LogP contribution >= 0.6 is 0 Å². The quantitative estimate of drug-likeness (QED) is 0.554. The fourth-order valence-corrected chi connectivity index (χ4v) is 4.34. The van der Waals surface area contributed by atoms with Gasteiger partial charge in [0.15, 0.2) is 0 Å². The molecule has 0 heterocycles. The number of hydrogen-bond acceptors (Lipinski definition) is 2. The maximum atomic E-state index is 10.7. The van der Waals surface area contributed by atoms with Crippen LogP contribution in [0.4, 0.5) is 0 Å². The molecule has 1 aromatic carbocycles. The standard InChI is InChI=1S/C22H36O2/c1-5-6-7-9-12-21(2,3)17-15-18(23)20(19(24)16-17)22(4)13-10-8-11-14-22/h15-16,23-24H,5-14H2,1-4H3. The fraction of sp³-hybridized carbons (Fsp3) is 0.727. The largest absolute Gasteiger partial charge is 0.507 e. The number of rotatable bonds is 7. The SMILES string of the molecule is CCCCCCC(C)(C)c1cc(O)c(C2(C)CCCCC2)c(O)c1. The van der Waals surface area contributed by atoms with Gasteiger partial charge in [-0.1, -0.05) is 72.6 Å². The number of aromatic hydroxyl groups is 2. The summed E-state index contributed by atoms with van der Waals surface area (Å²) in [6, 6.07) is 3.82. The summed E-state index contributed by atoms with van der Waals surface area (Å²) in [6.07, 6.45) is 11.8. The van der Waals surface area contributed by atoms with E-state index < -0.39 is 0 Å². The molecule has 0 aliphatic heterocycles. The highest BCUT2D eigenvalue weighted by Gasteiger charge is 2.35. The van der Waals surface area contributed by atoms with E-state index in [1.54, 1.807) is 0 Å². The van der Waals surface area contributed by atoms with Crippen molar-refractivity contribution in [1.82, 2.24) is 0 Å². The van der Waals surface area contributed by atoms with Crippen molar-refractivity contribution in [3.8, 4) is 11.5 Å². The molecule has 0 amide bonds. The first-order chi connectivity index (χ1) is 11.3. The van der Waals surface area contributed by atoms with Crippen molar-refractivity contribution in [2.24, 2.45) is 0 Å². The van der Waals surface area contributed by atoms with Gasteiger partial charge in [-0.05, 0) is 47.8 Å². The molecule has 1 fully saturated rings. The van der Waals surface area contributed by atoms with Gasteiger partial charge in [0.25, 0.3) is 0 Å². The van der Waals surface area contributed by atoms with Gasteiger partial charge in [-0.3, -0.25) is 0 Å². The third-order valence-electron chi connectivity index (χ3n) is 6.09. The van der Waals surface area contributed by atoms with Crippen LogP contribution in [-0.4, -0.2) is 10.2 Å². The van der Waals surface area contributed by atoms with Gasteiger partial charge in [0, 0.05) is 5.56 Å². The molecular formula is C22H36O2. The van der Waals surface area contributed by atoms with Gasteiger partial charge >= 0.3 is 0 Å². The van der Waals surface area contributed by atoms with Crippen LogP contribution in [0.5, 0.6) is 11.5 Å². The second-order valence-electron chi connectivity index (χ2n) is 8.71. The summed E-state index contributed by atoms with van der Waals surface area (Å²) in [7, 11) is 0. The van der Waals surface area contributed by atoms with E-state index in [2.05, 4.69) is 27.7 Å². The maximum absolute atomic E-state index is 10.7. The first kappa shape index (κ1) is 19.1. The van der Waals surface area contributed by atoms with Gasteiger partial charge in [0.1, 0.15) is 11.5 Å². The Morgan fingerprint density at radius 2 is 1.54 bits per heavy atom. The Hall–Kier alpha value is -1.18. The number of benzene rings is 1. The second kappa shape index (κ2) is 7.80. The highest BCUT2D eigenvalue weighted by molar-refractivity contribution is 5.52. The fourth-order valence-electron chi connectivity index (χ4n) is 4.34. The van der Waals surface area contributed by atoms with Crippen LogP contribution in [0.2, 0.25) is 0 Å². The molecule has 1 aliphatic rings. The Balaban J connectivity index is 2.22. The Labute approximate surface area is 148 Å². The summed E-state index contributed by atoms with van der Waals surface area (Å²) in [5.74, 6) is 0.576. The molecule has 0 saturated heterocycles. The Morgan fingerprint density at radius 3 is 2.08 bits per heavy atom. The summed E-state index contributed by atoms with van der Waals surface area (Å²) < 4.78 is 0. The molecule has 1 aromatic rings. The predicted octanol–water partition coefficient (Wildman–Crippen LogP) is 6.57. The van der Waals surface area contributed by atoms with Gasteiger partial charge < -0.3 is 10.2 Å². The molecule has 0 spiro atoms. The van der Waals surface area contributed by atoms with E-state index in [4.69, 9.17) is 0 Å². The van der Waals surface area contributed by atoms with Crippen LogP contribution in [0, 0.1) is 0 Å². The monoisotopic (exact) mass is 332 g/mol. The number of hydrogen-bond donors (Lipinski definition) is 2. The molecule has 2 heteroatoms. The first-order valence-electron chi connectivity index (χ1n) is 9.87. The van der Waals surface area contributed by atoms with Crippen LogP contribution in [0.25, 0.3) is 0 Å². The van der Waals surface area contributed by atoms with Crippen LogP contribution in [0.15, 0.2) is 12.1 Å². The molecule has 1 aliphatic carbocycles. The molecule has 0 bridgehead atoms. The van der Waals surface area contributed by atoms with Crippen LogP contribution < -0.4 is 0 Å². The first-order valence-corrected chi connectivity index (χ1v) is 9.87. The minimum atomic E-state index is -0.0871. The van der Waals surface area contributed by atoms with Gasteiger partial charge in [0.2, 0.25) is 0 Å². The highest BCUT2D eigenvalue weighted by atomic mass is 16.3. The van der Waals surface area contributed by atoms with Crippen molar-refractivity contribution in [2.45, 2.75) is 103 Å². The van der Waals surface area contributed by atoms with Gasteiger partial charge in [-0.2, -0.15) is 0 Å². The summed E-state index contributed by atoms with van der Waals surface area (Å²) in [5.41, 5.74) is 1.72. The average Bonchev–Trinajstić information content (AvgIpc) is 2.51. The number of unbranched alkanes of at least 4 members (excludes halogenated alkanes) is 3. The van der Waals surface area contributed by atoms with Gasteiger partial charge in [-0.25, -0.2) is 0 Å². The number of phenols is 2. The zero-order valence-corrected chi connectivity index (χ0v) is 16.1. The van der Waals surface area contributed by atoms with E-state index in [0.29, 0.717) is 0 Å². The van der Waals surface area contributed by atoms with E-state index in [9.17, 15) is 10.2 Å². The zero-order valence-electron chi connectivity index (χ0n) is 16.1. The summed E-state index contributed by atoms with van der Waals surface area (Å²) in [4.78, 5) is 0. The Kier molecular flexibility index (Phi) is 6.22. The van der Waals surface area contributed by atoms with Crippen molar-refractivity contribution < 1.29 is 10.2 Å². The van der Waals surface area contributed by atoms with Gasteiger partial charge in [-0.15, -0.1) is 0 Å². The van der Waals surface area contributed by atoms with Crippen molar-refractivity contribution in [3.05, 3.63) is 23.3 Å². The maximum Gasteiger partial charge on any atom is 0.123 e. The molecule has 24 heavy (non-hydrogen) atoms. The van der Waals surface area contributed by atoms with Crippen molar-refractivity contribution in [1.29, 1.82) is 0 Å². The topological polar surface area (TPSA) is 40.5 Å². The minimum Gasteiger partial charge on any atom is -0.507 e. The Morgan fingerprint density at radius 1 is 0.958 bits per heavy atom. The van der Waals surface area contributed by atoms with Crippen molar-refractivity contribution >= 4 is 0 Å². The third-order valence-corrected chi connectivity index (χ3v) is 6.09. The highest BCUT2D eigenvalue weighted by Crippen LogP contribution is 2.48. The molecule has 2 nitrogen and oxygen atoms in total. The molecule has 0 aromatic heterocycles. The lowest BCUT2D eigenvalue weighted by atomic mass is 9.69. The van der Waals surface area contributed by atoms with Crippen molar-refractivity contribution in [2.75, 3.05) is 0 Å². The molecule has 1 saturated carbocycles. The lowest BCUT2D eigenvalue weighted by Gasteiger charge is -2.36. The molecule has 2 rings (SSSR count). The summed E-state index contributed by atoms with van der Waals surface area (Å²) in [5, 5.41) is 21.4. The normalized spacial score (nSPS) is 17.8. The predicted molar refractivity (Wildman–Crippen MR) is 102 cm³/mol. The minimum absolute atomic E-state index is 0.0191. The second-order valence-corrected chi connectivity index (χ2v) is 8.71. The molecule has 2 N–H and O–H groups in total. The van der Waals surface area contributed by atoms with E-state index in [-0.39, 0.29) is 22.3 Å². The third kappa shape index (κ3) is 4.26. The molecular weight excluding hydrogens is 296 g/mol. The van der Waals surface area contributed by atoms with Crippen LogP contribution in [0.1, 0.15) is 103 Å². The van der Waals surface area contributed by atoms with E-state index in [1.165, 1.54) is 44.9 Å². The number of phenolic OH excluding ortho intramolecular Hbond substituents is 2. The van der Waals surface area contributed by atoms with Crippen molar-refractivity contribution in [3.63, 3.8) is 0 Å². The van der Waals surface area contributed by atoms with E-state index in [1.807, 2.05) is 12.1 Å². The van der Waals surface area contributed by atoms with Gasteiger partial charge in [0.05, 0.1) is 0 Å². The summed E-state index contributed by atoms with van der Waals surface area (Å²) in [6.45, 7) is 8.85. The smallest absolute Gasteiger partial charge is 0.123 e. The molecule has 0 unspecified atom stereocenters. The lowest BCUT2D eigenvalue weighted by Crippen LogP contribution is -2.26. The van der Waals surface area contributed by atoms with Crippen LogP contribution in [-0.2, 0) is 10.8 Å². The van der Waals surface area contributed by atoms with E-state index >= 15 is 0 Å². The zero-order chi connectivity index (χ0) is 17.8.